The third-order valence-corrected chi connectivity index (χ3v) is 4.36. The predicted octanol–water partition coefficient (Wildman–Crippen LogP) is 4.05. The van der Waals surface area contributed by atoms with E-state index in [4.69, 9.17) is 40.1 Å². The first-order chi connectivity index (χ1) is 8.53. The van der Waals surface area contributed by atoms with Crippen LogP contribution in [0.2, 0.25) is 0 Å². The number of nitrogens with zero attached hydrogens (tertiary/aromatic N) is 3. The largest absolute Gasteiger partial charge is 0.445 e. The second-order valence-corrected chi connectivity index (χ2v) is 9.38. The highest BCUT2D eigenvalue weighted by molar-refractivity contribution is 8.03. The lowest BCUT2D eigenvalue weighted by Crippen LogP contribution is -2.28. The van der Waals surface area contributed by atoms with E-state index in [1.165, 1.54) is 18.8 Å². The van der Waals surface area contributed by atoms with Gasteiger partial charge in [-0.1, -0.05) is 40.0 Å². The van der Waals surface area contributed by atoms with Gasteiger partial charge in [-0.15, -0.1) is 0 Å². The summed E-state index contributed by atoms with van der Waals surface area (Å²) in [5, 5.41) is 12.5. The molecule has 0 aromatic heterocycles. The van der Waals surface area contributed by atoms with Crippen molar-refractivity contribution in [1.82, 2.24) is 4.31 Å². The van der Waals surface area contributed by atoms with E-state index in [9.17, 15) is 4.79 Å². The van der Waals surface area contributed by atoms with Crippen LogP contribution in [0.3, 0.4) is 0 Å². The summed E-state index contributed by atoms with van der Waals surface area (Å²) in [6, 6.07) is 1.88. The SMILES string of the molecule is CSC(C)(C)/C(C#N)=N/OC(=O)N(C)SC(Cl)(Cl)Cl. The summed E-state index contributed by atoms with van der Waals surface area (Å²) in [5.41, 5.74) is 0.0839. The number of rotatable bonds is 4. The monoisotopic (exact) mass is 363 g/mol. The number of thioether (sulfide) groups is 1. The molecule has 108 valence electrons. The lowest BCUT2D eigenvalue weighted by Gasteiger charge is -2.20. The minimum Gasteiger partial charge on any atom is -0.296 e. The summed E-state index contributed by atoms with van der Waals surface area (Å²) in [7, 11) is 1.36. The van der Waals surface area contributed by atoms with Gasteiger partial charge in [-0.2, -0.15) is 17.0 Å². The van der Waals surface area contributed by atoms with Crippen molar-refractivity contribution in [1.29, 1.82) is 5.26 Å². The van der Waals surface area contributed by atoms with Crippen LogP contribution in [0.15, 0.2) is 5.16 Å². The van der Waals surface area contributed by atoms with Gasteiger partial charge in [0.15, 0.2) is 5.71 Å². The Morgan fingerprint density at radius 2 is 1.95 bits per heavy atom. The summed E-state index contributed by atoms with van der Waals surface area (Å²) in [6.45, 7) is 3.57. The molecule has 0 atom stereocenters. The first-order valence-electron chi connectivity index (χ1n) is 4.77. The van der Waals surface area contributed by atoms with Crippen LogP contribution in [-0.4, -0.2) is 37.3 Å². The first kappa shape index (κ1) is 19.0. The molecule has 19 heavy (non-hydrogen) atoms. The zero-order valence-corrected chi connectivity index (χ0v) is 14.5. The molecule has 0 aliphatic carbocycles. The number of carbonyl (C=O) groups excluding carboxylic acids is 1. The van der Waals surface area contributed by atoms with Crippen molar-refractivity contribution in [3.63, 3.8) is 0 Å². The maximum absolute atomic E-state index is 11.5. The van der Waals surface area contributed by atoms with E-state index in [1.54, 1.807) is 13.8 Å². The van der Waals surface area contributed by atoms with Crippen molar-refractivity contribution in [2.75, 3.05) is 13.3 Å². The Morgan fingerprint density at radius 3 is 2.32 bits per heavy atom. The Labute approximate surface area is 135 Å². The van der Waals surface area contributed by atoms with Crippen LogP contribution in [0.5, 0.6) is 0 Å². The Morgan fingerprint density at radius 1 is 1.42 bits per heavy atom. The van der Waals surface area contributed by atoms with E-state index in [0.29, 0.717) is 11.9 Å². The highest BCUT2D eigenvalue weighted by Crippen LogP contribution is 2.40. The topological polar surface area (TPSA) is 65.7 Å². The molecule has 0 aromatic rings. The van der Waals surface area contributed by atoms with E-state index < -0.39 is 14.0 Å². The van der Waals surface area contributed by atoms with Gasteiger partial charge in [-0.25, -0.2) is 9.10 Å². The molecule has 0 aliphatic rings. The van der Waals surface area contributed by atoms with E-state index in [0.717, 1.165) is 4.31 Å². The third kappa shape index (κ3) is 7.37. The molecule has 0 rings (SSSR count). The molecule has 0 unspecified atom stereocenters. The van der Waals surface area contributed by atoms with Gasteiger partial charge in [-0.3, -0.25) is 4.84 Å². The molecular formula is C9H12Cl3N3O2S2. The lowest BCUT2D eigenvalue weighted by atomic mass is 10.1. The number of alkyl halides is 3. The fourth-order valence-corrected chi connectivity index (χ4v) is 2.32. The molecule has 0 spiro atoms. The predicted molar refractivity (Wildman–Crippen MR) is 82.8 cm³/mol. The summed E-state index contributed by atoms with van der Waals surface area (Å²) >= 11 is 18.6. The van der Waals surface area contributed by atoms with Crippen molar-refractivity contribution in [3.05, 3.63) is 0 Å². The van der Waals surface area contributed by atoms with Crippen LogP contribution in [0.25, 0.3) is 0 Å². The van der Waals surface area contributed by atoms with E-state index in [2.05, 4.69) is 9.99 Å². The van der Waals surface area contributed by atoms with Gasteiger partial charge in [0.05, 0.1) is 4.75 Å². The number of nitriles is 1. The summed E-state index contributed by atoms with van der Waals surface area (Å²) in [5.74, 6) is 0. The number of amides is 1. The Bertz CT molecular complexity index is 404. The Kier molecular flexibility index (Phi) is 7.70. The van der Waals surface area contributed by atoms with Crippen molar-refractivity contribution < 1.29 is 9.63 Å². The maximum atomic E-state index is 11.5. The molecule has 0 saturated carbocycles. The average Bonchev–Trinajstić information content (AvgIpc) is 2.26. The quantitative estimate of drug-likeness (QED) is 0.247. The molecule has 10 heteroatoms. The molecule has 5 nitrogen and oxygen atoms in total. The molecule has 0 aliphatic heterocycles. The highest BCUT2D eigenvalue weighted by Gasteiger charge is 2.28. The minimum atomic E-state index is -1.69. The zero-order valence-electron chi connectivity index (χ0n) is 10.6. The van der Waals surface area contributed by atoms with Crippen LogP contribution in [0, 0.1) is 11.3 Å². The number of oxime groups is 1. The second kappa shape index (κ2) is 7.70. The summed E-state index contributed by atoms with van der Waals surface area (Å²) in [4.78, 5) is 16.2. The Balaban J connectivity index is 4.70. The van der Waals surface area contributed by atoms with Crippen molar-refractivity contribution >= 4 is 70.3 Å². The van der Waals surface area contributed by atoms with Gasteiger partial charge in [0.25, 0.3) is 3.12 Å². The van der Waals surface area contributed by atoms with Gasteiger partial charge >= 0.3 is 6.09 Å². The van der Waals surface area contributed by atoms with Crippen LogP contribution in [0.4, 0.5) is 4.79 Å². The number of hydrogen-bond acceptors (Lipinski definition) is 6. The summed E-state index contributed by atoms with van der Waals surface area (Å²) in [6.07, 6.45) is 0.973. The molecular weight excluding hydrogens is 353 g/mol. The Hall–Kier alpha value is -0.000000000000000111. The fourth-order valence-electron chi connectivity index (χ4n) is 0.696. The molecule has 1 amide bonds. The van der Waals surface area contributed by atoms with Crippen LogP contribution in [0.1, 0.15) is 13.8 Å². The lowest BCUT2D eigenvalue weighted by molar-refractivity contribution is 0.136. The molecule has 0 bridgehead atoms. The average molecular weight is 365 g/mol. The van der Waals surface area contributed by atoms with Gasteiger partial charge in [0, 0.05) is 19.0 Å². The number of hydrogen-bond donors (Lipinski definition) is 0. The van der Waals surface area contributed by atoms with Crippen LogP contribution >= 0.6 is 58.5 Å². The van der Waals surface area contributed by atoms with Crippen molar-refractivity contribution in [3.8, 4) is 6.07 Å². The van der Waals surface area contributed by atoms with E-state index in [1.807, 2.05) is 12.3 Å². The normalized spacial score (nSPS) is 12.8. The molecule has 0 aromatic carbocycles. The number of halogens is 3. The molecule has 0 fully saturated rings. The highest BCUT2D eigenvalue weighted by atomic mass is 35.6. The van der Waals surface area contributed by atoms with Gasteiger partial charge < -0.3 is 0 Å². The van der Waals surface area contributed by atoms with E-state index in [-0.39, 0.29) is 5.71 Å². The van der Waals surface area contributed by atoms with Crippen molar-refractivity contribution in [2.24, 2.45) is 5.16 Å². The van der Waals surface area contributed by atoms with Gasteiger partial charge in [0.1, 0.15) is 6.07 Å². The first-order valence-corrected chi connectivity index (χ1v) is 7.91. The third-order valence-electron chi connectivity index (χ3n) is 1.90. The standard InChI is InChI=1S/C9H12Cl3N3O2S2/c1-8(2,18-4)6(5-13)14-17-7(16)15(3)19-9(10,11)12/h1-4H3/b14-6+. The smallest absolute Gasteiger partial charge is 0.296 e. The number of carbonyl (C=O) groups is 1. The molecule has 0 N–H and O–H groups in total. The van der Waals surface area contributed by atoms with Gasteiger partial charge in [-0.05, 0) is 20.1 Å². The maximum Gasteiger partial charge on any atom is 0.445 e. The second-order valence-electron chi connectivity index (χ2n) is 3.66. The zero-order chi connectivity index (χ0) is 15.3. The summed E-state index contributed by atoms with van der Waals surface area (Å²) < 4.78 is -1.28. The molecule has 0 heterocycles. The van der Waals surface area contributed by atoms with Crippen LogP contribution in [-0.2, 0) is 4.84 Å². The van der Waals surface area contributed by atoms with Gasteiger partial charge in [0.2, 0.25) is 0 Å². The van der Waals surface area contributed by atoms with Crippen molar-refractivity contribution in [2.45, 2.75) is 21.7 Å². The fraction of sp³-hybridized carbons (Fsp3) is 0.667. The van der Waals surface area contributed by atoms with Crippen LogP contribution < -0.4 is 0 Å². The van der Waals surface area contributed by atoms with E-state index >= 15 is 0 Å². The molecule has 0 saturated heterocycles. The minimum absolute atomic E-state index is 0.0839. The molecule has 0 radical (unpaired) electrons.